The van der Waals surface area contributed by atoms with Crippen molar-refractivity contribution in [3.63, 3.8) is 0 Å². The van der Waals surface area contributed by atoms with Crippen molar-refractivity contribution in [1.29, 1.82) is 0 Å². The Labute approximate surface area is 162 Å². The number of allylic oxidation sites excluding steroid dienone is 1. The number of carbonyl (C=O) groups excluding carboxylic acids is 1. The molecule has 0 unspecified atom stereocenters. The van der Waals surface area contributed by atoms with Crippen LogP contribution in [0.1, 0.15) is 25.3 Å². The topological polar surface area (TPSA) is 29.5 Å². The van der Waals surface area contributed by atoms with Crippen LogP contribution in [-0.2, 0) is 37.5 Å². The van der Waals surface area contributed by atoms with E-state index >= 15 is 0 Å². The van der Waals surface area contributed by atoms with Crippen molar-refractivity contribution in [3.8, 4) is 5.75 Å². The number of hydrogen-bond donors (Lipinski definition) is 0. The first-order valence-electron chi connectivity index (χ1n) is 6.65. The molecule has 0 saturated heterocycles. The van der Waals surface area contributed by atoms with E-state index in [2.05, 4.69) is 22.0 Å². The first-order valence-corrected chi connectivity index (χ1v) is 7.44. The molecule has 1 amide bonds. The van der Waals surface area contributed by atoms with Crippen LogP contribution in [-0.4, -0.2) is 30.4 Å². The van der Waals surface area contributed by atoms with E-state index in [4.69, 9.17) is 4.74 Å². The molecule has 0 bridgehead atoms. The summed E-state index contributed by atoms with van der Waals surface area (Å²) >= 11 is 3.40. The van der Waals surface area contributed by atoms with Gasteiger partial charge in [0, 0.05) is 39.1 Å². The largest absolute Gasteiger partial charge is 0.494 e. The predicted molar refractivity (Wildman–Crippen MR) is 78.9 cm³/mol. The summed E-state index contributed by atoms with van der Waals surface area (Å²) < 4.78 is 31.4. The van der Waals surface area contributed by atoms with E-state index in [1.54, 1.807) is 18.2 Å². The third-order valence-electron chi connectivity index (χ3n) is 3.03. The van der Waals surface area contributed by atoms with Crippen molar-refractivity contribution in [2.45, 2.75) is 26.2 Å². The van der Waals surface area contributed by atoms with Crippen LogP contribution in [0.5, 0.6) is 5.75 Å². The first-order chi connectivity index (χ1) is 10.0. The second kappa shape index (κ2) is 9.09. The Morgan fingerprint density at radius 1 is 1.45 bits per heavy atom. The van der Waals surface area contributed by atoms with E-state index in [9.17, 15) is 13.6 Å². The van der Waals surface area contributed by atoms with E-state index in [0.717, 1.165) is 4.90 Å². The zero-order valence-electron chi connectivity index (χ0n) is 12.1. The minimum Gasteiger partial charge on any atom is -0.494 e. The number of benzene rings is 1. The van der Waals surface area contributed by atoms with Crippen LogP contribution in [0.25, 0.3) is 5.70 Å². The maximum Gasteiger partial charge on any atom is 0.256 e. The van der Waals surface area contributed by atoms with E-state index in [1.165, 1.54) is 0 Å². The van der Waals surface area contributed by atoms with Crippen molar-refractivity contribution < 1.29 is 51.0 Å². The fraction of sp³-hybridized carbons (Fsp3) is 0.400. The van der Waals surface area contributed by atoms with Crippen LogP contribution >= 0.6 is 15.9 Å². The molecule has 7 heteroatoms. The fourth-order valence-electron chi connectivity index (χ4n) is 2.16. The van der Waals surface area contributed by atoms with E-state index in [0.29, 0.717) is 34.5 Å². The molecule has 0 fully saturated rings. The smallest absolute Gasteiger partial charge is 0.256 e. The monoisotopic (exact) mass is 447 g/mol. The maximum absolute atomic E-state index is 12.7. The summed E-state index contributed by atoms with van der Waals surface area (Å²) in [4.78, 5) is 13.0. The summed E-state index contributed by atoms with van der Waals surface area (Å²) in [7, 11) is 0. The molecule has 0 aromatic heterocycles. The Morgan fingerprint density at radius 2 is 2.18 bits per heavy atom. The number of rotatable bonds is 5. The number of alkyl halides is 2. The molecule has 0 aliphatic carbocycles. The van der Waals surface area contributed by atoms with Gasteiger partial charge >= 0.3 is 0 Å². The molecular formula is C15H15BrF2NO2Y-. The SMILES string of the molecule is CCOc1ccc(C2=[C-]CCC(=O)N2CC(F)F)c(Br)c1.[Y]. The Balaban J connectivity index is 0.00000242. The van der Waals surface area contributed by atoms with Crippen LogP contribution in [0.3, 0.4) is 0 Å². The van der Waals surface area contributed by atoms with Gasteiger partial charge in [-0.15, -0.1) is 23.7 Å². The van der Waals surface area contributed by atoms with Gasteiger partial charge in [0.1, 0.15) is 5.75 Å². The predicted octanol–water partition coefficient (Wildman–Crippen LogP) is 3.88. The van der Waals surface area contributed by atoms with Crippen molar-refractivity contribution in [2.75, 3.05) is 13.2 Å². The van der Waals surface area contributed by atoms with Crippen molar-refractivity contribution in [2.24, 2.45) is 0 Å². The summed E-state index contributed by atoms with van der Waals surface area (Å²) in [5.41, 5.74) is 1.06. The molecule has 1 heterocycles. The average molecular weight is 448 g/mol. The molecule has 1 aromatic carbocycles. The number of halogens is 3. The summed E-state index contributed by atoms with van der Waals surface area (Å²) in [5, 5.41) is 0. The fourth-order valence-corrected chi connectivity index (χ4v) is 2.70. The van der Waals surface area contributed by atoms with E-state index < -0.39 is 13.0 Å². The summed E-state index contributed by atoms with van der Waals surface area (Å²) in [6, 6.07) is 5.25. The summed E-state index contributed by atoms with van der Waals surface area (Å²) in [6.45, 7) is 1.81. The standard InChI is InChI=1S/C15H15BrF2NO2.Y/c1-2-21-10-6-7-11(12(16)8-10)13-4-3-5-15(20)19(13)9-14(17)18;/h6-8,14H,2-3,5,9H2,1H3;/q-1;. The second-order valence-electron chi connectivity index (χ2n) is 4.50. The molecule has 117 valence electrons. The molecule has 1 radical (unpaired) electrons. The zero-order valence-corrected chi connectivity index (χ0v) is 16.5. The summed E-state index contributed by atoms with van der Waals surface area (Å²) in [5.74, 6) is 0.376. The van der Waals surface area contributed by atoms with Gasteiger partial charge in [-0.2, -0.15) is 0 Å². The van der Waals surface area contributed by atoms with Crippen molar-refractivity contribution >= 4 is 27.5 Å². The van der Waals surface area contributed by atoms with Gasteiger partial charge < -0.3 is 9.64 Å². The minimum absolute atomic E-state index is 0. The number of amides is 1. The Hall–Kier alpha value is -0.326. The van der Waals surface area contributed by atoms with Gasteiger partial charge in [0.05, 0.1) is 13.2 Å². The number of ether oxygens (including phenoxy) is 1. The van der Waals surface area contributed by atoms with Crippen LogP contribution < -0.4 is 4.74 Å². The van der Waals surface area contributed by atoms with E-state index in [-0.39, 0.29) is 45.0 Å². The Bertz CT molecular complexity index is 566. The third kappa shape index (κ3) is 4.83. The van der Waals surface area contributed by atoms with Crippen LogP contribution in [0.15, 0.2) is 22.7 Å². The molecule has 1 aromatic rings. The van der Waals surface area contributed by atoms with Gasteiger partial charge in [0.25, 0.3) is 6.43 Å². The third-order valence-corrected chi connectivity index (χ3v) is 3.69. The van der Waals surface area contributed by atoms with Crippen LogP contribution in [0, 0.1) is 6.08 Å². The molecular weight excluding hydrogens is 433 g/mol. The minimum atomic E-state index is -2.58. The molecule has 2 rings (SSSR count). The van der Waals surface area contributed by atoms with Crippen molar-refractivity contribution in [3.05, 3.63) is 34.3 Å². The van der Waals surface area contributed by atoms with Gasteiger partial charge in [0.2, 0.25) is 5.91 Å². The molecule has 0 spiro atoms. The second-order valence-corrected chi connectivity index (χ2v) is 5.35. The van der Waals surface area contributed by atoms with Gasteiger partial charge in [-0.3, -0.25) is 4.79 Å². The number of nitrogens with zero attached hydrogens (tertiary/aromatic N) is 1. The van der Waals surface area contributed by atoms with Gasteiger partial charge in [-0.25, -0.2) is 14.9 Å². The van der Waals surface area contributed by atoms with Crippen LogP contribution in [0.4, 0.5) is 8.78 Å². The van der Waals surface area contributed by atoms with Gasteiger partial charge in [-0.1, -0.05) is 20.4 Å². The molecule has 22 heavy (non-hydrogen) atoms. The Morgan fingerprint density at radius 3 is 2.77 bits per heavy atom. The molecule has 1 aliphatic rings. The first kappa shape index (κ1) is 19.7. The number of hydrogen-bond acceptors (Lipinski definition) is 2. The van der Waals surface area contributed by atoms with Crippen molar-refractivity contribution in [1.82, 2.24) is 4.90 Å². The number of carbonyl (C=O) groups is 1. The normalized spacial score (nSPS) is 14.7. The molecule has 0 N–H and O–H groups in total. The van der Waals surface area contributed by atoms with Gasteiger partial charge in [-0.05, 0) is 19.1 Å². The van der Waals surface area contributed by atoms with Gasteiger partial charge in [0.15, 0.2) is 0 Å². The molecule has 3 nitrogen and oxygen atoms in total. The Kier molecular flexibility index (Phi) is 8.15. The maximum atomic E-state index is 12.7. The summed E-state index contributed by atoms with van der Waals surface area (Å²) in [6.07, 6.45) is 1.10. The quantitative estimate of drug-likeness (QED) is 0.641. The molecule has 1 aliphatic heterocycles. The van der Waals surface area contributed by atoms with Crippen LogP contribution in [0.2, 0.25) is 0 Å². The zero-order chi connectivity index (χ0) is 15.4. The molecule has 0 saturated carbocycles. The average Bonchev–Trinajstić information content (AvgIpc) is 2.42. The van der Waals surface area contributed by atoms with E-state index in [1.807, 2.05) is 6.92 Å². The molecule has 0 atom stereocenters.